The standard InChI is InChI=1S/C14H18N4O2/c1-17(8-10-7-16-18(2)9-10)14(19)12-5-4-11(15)6-13(12)20-3/h4-7,9H,8,15H2,1-3H3. The molecule has 0 aliphatic heterocycles. The molecule has 1 aromatic carbocycles. The van der Waals surface area contributed by atoms with Gasteiger partial charge in [-0.3, -0.25) is 9.48 Å². The molecular formula is C14H18N4O2. The molecule has 20 heavy (non-hydrogen) atoms. The van der Waals surface area contributed by atoms with Crippen LogP contribution in [-0.4, -0.2) is 34.7 Å². The molecule has 6 nitrogen and oxygen atoms in total. The van der Waals surface area contributed by atoms with Gasteiger partial charge in [-0.05, 0) is 12.1 Å². The van der Waals surface area contributed by atoms with Crippen LogP contribution in [0.2, 0.25) is 0 Å². The van der Waals surface area contributed by atoms with Gasteiger partial charge in [0.15, 0.2) is 0 Å². The van der Waals surface area contributed by atoms with Gasteiger partial charge >= 0.3 is 0 Å². The lowest BCUT2D eigenvalue weighted by molar-refractivity contribution is 0.0781. The third kappa shape index (κ3) is 2.90. The molecule has 0 unspecified atom stereocenters. The van der Waals surface area contributed by atoms with Gasteiger partial charge in [-0.2, -0.15) is 5.10 Å². The second kappa shape index (κ2) is 5.64. The van der Waals surface area contributed by atoms with E-state index >= 15 is 0 Å². The molecule has 1 aromatic heterocycles. The first-order valence-corrected chi connectivity index (χ1v) is 6.17. The number of benzene rings is 1. The zero-order chi connectivity index (χ0) is 14.7. The summed E-state index contributed by atoms with van der Waals surface area (Å²) in [6.45, 7) is 0.486. The summed E-state index contributed by atoms with van der Waals surface area (Å²) in [5.74, 6) is 0.360. The van der Waals surface area contributed by atoms with Crippen molar-refractivity contribution in [3.63, 3.8) is 0 Å². The van der Waals surface area contributed by atoms with Gasteiger partial charge in [0.1, 0.15) is 5.75 Å². The molecule has 0 spiro atoms. The van der Waals surface area contributed by atoms with Crippen LogP contribution in [0.3, 0.4) is 0 Å². The van der Waals surface area contributed by atoms with Crippen LogP contribution in [0.5, 0.6) is 5.75 Å². The Kier molecular flexibility index (Phi) is 3.93. The Labute approximate surface area is 117 Å². The fraction of sp³-hybridized carbons (Fsp3) is 0.286. The molecule has 2 rings (SSSR count). The van der Waals surface area contributed by atoms with Crippen LogP contribution in [0.25, 0.3) is 0 Å². The maximum absolute atomic E-state index is 12.4. The summed E-state index contributed by atoms with van der Waals surface area (Å²) in [7, 11) is 5.10. The number of nitrogen functional groups attached to an aromatic ring is 1. The minimum absolute atomic E-state index is 0.120. The maximum atomic E-state index is 12.4. The number of ether oxygens (including phenoxy) is 1. The lowest BCUT2D eigenvalue weighted by atomic mass is 10.1. The summed E-state index contributed by atoms with van der Waals surface area (Å²) in [6.07, 6.45) is 3.62. The number of anilines is 1. The molecule has 106 valence electrons. The molecule has 0 bridgehead atoms. The third-order valence-corrected chi connectivity index (χ3v) is 2.98. The number of aryl methyl sites for hydroxylation is 1. The summed E-state index contributed by atoms with van der Waals surface area (Å²) < 4.78 is 6.91. The number of methoxy groups -OCH3 is 1. The van der Waals surface area contributed by atoms with E-state index in [0.717, 1.165) is 5.56 Å². The first-order chi connectivity index (χ1) is 9.51. The van der Waals surface area contributed by atoms with E-state index in [9.17, 15) is 4.79 Å². The highest BCUT2D eigenvalue weighted by Gasteiger charge is 2.17. The Bertz CT molecular complexity index is 621. The zero-order valence-electron chi connectivity index (χ0n) is 11.8. The summed E-state index contributed by atoms with van der Waals surface area (Å²) in [4.78, 5) is 14.0. The molecule has 0 saturated carbocycles. The molecule has 2 aromatic rings. The largest absolute Gasteiger partial charge is 0.496 e. The molecule has 0 saturated heterocycles. The Morgan fingerprint density at radius 3 is 2.85 bits per heavy atom. The Morgan fingerprint density at radius 2 is 2.25 bits per heavy atom. The van der Waals surface area contributed by atoms with Gasteiger partial charge in [0, 0.05) is 44.2 Å². The number of nitrogens with zero attached hydrogens (tertiary/aromatic N) is 3. The highest BCUT2D eigenvalue weighted by Crippen LogP contribution is 2.23. The smallest absolute Gasteiger partial charge is 0.257 e. The van der Waals surface area contributed by atoms with E-state index in [1.54, 1.807) is 41.0 Å². The molecular weight excluding hydrogens is 256 g/mol. The van der Waals surface area contributed by atoms with Crippen molar-refractivity contribution in [2.45, 2.75) is 6.54 Å². The van der Waals surface area contributed by atoms with Crippen molar-refractivity contribution in [2.75, 3.05) is 19.9 Å². The number of carbonyl (C=O) groups is 1. The van der Waals surface area contributed by atoms with Crippen LogP contribution in [-0.2, 0) is 13.6 Å². The summed E-state index contributed by atoms with van der Waals surface area (Å²) >= 11 is 0. The Balaban J connectivity index is 2.18. The van der Waals surface area contributed by atoms with Crippen LogP contribution < -0.4 is 10.5 Å². The number of rotatable bonds is 4. The number of nitrogens with two attached hydrogens (primary N) is 1. The number of carbonyl (C=O) groups excluding carboxylic acids is 1. The maximum Gasteiger partial charge on any atom is 0.257 e. The molecule has 0 aliphatic rings. The van der Waals surface area contributed by atoms with Gasteiger partial charge in [0.25, 0.3) is 5.91 Å². The topological polar surface area (TPSA) is 73.4 Å². The fourth-order valence-electron chi connectivity index (χ4n) is 1.99. The molecule has 6 heteroatoms. The minimum Gasteiger partial charge on any atom is -0.496 e. The lowest BCUT2D eigenvalue weighted by Gasteiger charge is -2.18. The van der Waals surface area contributed by atoms with E-state index in [1.165, 1.54) is 7.11 Å². The van der Waals surface area contributed by atoms with Crippen molar-refractivity contribution in [3.05, 3.63) is 41.7 Å². The average molecular weight is 274 g/mol. The predicted molar refractivity (Wildman–Crippen MR) is 76.4 cm³/mol. The molecule has 1 heterocycles. The lowest BCUT2D eigenvalue weighted by Crippen LogP contribution is -2.26. The van der Waals surface area contributed by atoms with Gasteiger partial charge in [-0.25, -0.2) is 0 Å². The fourth-order valence-corrected chi connectivity index (χ4v) is 1.99. The molecule has 0 radical (unpaired) electrons. The van der Waals surface area contributed by atoms with Crippen LogP contribution >= 0.6 is 0 Å². The van der Waals surface area contributed by atoms with Crippen LogP contribution in [0, 0.1) is 0 Å². The second-order valence-electron chi connectivity index (χ2n) is 4.64. The molecule has 0 atom stereocenters. The average Bonchev–Trinajstić information content (AvgIpc) is 2.83. The van der Waals surface area contributed by atoms with Crippen LogP contribution in [0.1, 0.15) is 15.9 Å². The first kappa shape index (κ1) is 13.9. The van der Waals surface area contributed by atoms with E-state index in [2.05, 4.69) is 5.10 Å². The second-order valence-corrected chi connectivity index (χ2v) is 4.64. The zero-order valence-corrected chi connectivity index (χ0v) is 11.8. The number of aromatic nitrogens is 2. The summed E-state index contributed by atoms with van der Waals surface area (Å²) in [5, 5.41) is 4.08. The van der Waals surface area contributed by atoms with Gasteiger partial charge in [0.05, 0.1) is 18.9 Å². The van der Waals surface area contributed by atoms with Crippen molar-refractivity contribution in [3.8, 4) is 5.75 Å². The number of amides is 1. The van der Waals surface area contributed by atoms with E-state index in [-0.39, 0.29) is 5.91 Å². The number of hydrogen-bond donors (Lipinski definition) is 1. The van der Waals surface area contributed by atoms with Crippen LogP contribution in [0.4, 0.5) is 5.69 Å². The normalized spacial score (nSPS) is 10.3. The van der Waals surface area contributed by atoms with Gasteiger partial charge in [-0.1, -0.05) is 0 Å². The highest BCUT2D eigenvalue weighted by atomic mass is 16.5. The molecule has 0 aliphatic carbocycles. The van der Waals surface area contributed by atoms with E-state index in [4.69, 9.17) is 10.5 Å². The van der Waals surface area contributed by atoms with Crippen molar-refractivity contribution >= 4 is 11.6 Å². The van der Waals surface area contributed by atoms with Crippen molar-refractivity contribution in [1.82, 2.24) is 14.7 Å². The van der Waals surface area contributed by atoms with Gasteiger partial charge in [0.2, 0.25) is 0 Å². The van der Waals surface area contributed by atoms with E-state index in [1.807, 2.05) is 13.2 Å². The first-order valence-electron chi connectivity index (χ1n) is 6.17. The van der Waals surface area contributed by atoms with Gasteiger partial charge < -0.3 is 15.4 Å². The Morgan fingerprint density at radius 1 is 1.50 bits per heavy atom. The van der Waals surface area contributed by atoms with Crippen molar-refractivity contribution in [2.24, 2.45) is 7.05 Å². The minimum atomic E-state index is -0.120. The molecule has 0 fully saturated rings. The number of hydrogen-bond acceptors (Lipinski definition) is 4. The van der Waals surface area contributed by atoms with E-state index < -0.39 is 0 Å². The van der Waals surface area contributed by atoms with Crippen molar-refractivity contribution < 1.29 is 9.53 Å². The monoisotopic (exact) mass is 274 g/mol. The highest BCUT2D eigenvalue weighted by molar-refractivity contribution is 5.97. The van der Waals surface area contributed by atoms with E-state index in [0.29, 0.717) is 23.5 Å². The quantitative estimate of drug-likeness (QED) is 0.852. The SMILES string of the molecule is COc1cc(N)ccc1C(=O)N(C)Cc1cnn(C)c1. The third-order valence-electron chi connectivity index (χ3n) is 2.98. The molecule has 2 N–H and O–H groups in total. The molecule has 1 amide bonds. The van der Waals surface area contributed by atoms with Crippen LogP contribution in [0.15, 0.2) is 30.6 Å². The van der Waals surface area contributed by atoms with Gasteiger partial charge in [-0.15, -0.1) is 0 Å². The summed E-state index contributed by atoms with van der Waals surface area (Å²) in [6, 6.07) is 5.01. The predicted octanol–water partition coefficient (Wildman–Crippen LogP) is 1.28. The van der Waals surface area contributed by atoms with Crippen molar-refractivity contribution in [1.29, 1.82) is 0 Å². The Hall–Kier alpha value is -2.50. The summed E-state index contributed by atoms with van der Waals surface area (Å²) in [5.41, 5.74) is 7.72.